The van der Waals surface area contributed by atoms with Crippen molar-refractivity contribution in [2.75, 3.05) is 6.61 Å². The monoisotopic (exact) mass is 323 g/mol. The van der Waals surface area contributed by atoms with Crippen molar-refractivity contribution in [2.45, 2.75) is 45.9 Å². The lowest BCUT2D eigenvalue weighted by molar-refractivity contribution is 0.0182. The number of ether oxygens (including phenoxy) is 1. The van der Waals surface area contributed by atoms with E-state index in [1.807, 2.05) is 38.1 Å². The van der Waals surface area contributed by atoms with Crippen LogP contribution in [0.1, 0.15) is 31.1 Å². The molecule has 0 saturated heterocycles. The molecule has 1 aromatic carbocycles. The van der Waals surface area contributed by atoms with Crippen LogP contribution in [0, 0.1) is 0 Å². The third-order valence-corrected chi connectivity index (χ3v) is 3.55. The Morgan fingerprint density at radius 3 is 2.59 bits per heavy atom. The SMILES string of the molecule is CCc1nc(CC)n(CC(O)COCc2ccc(Cl)cc2)n1. The summed E-state index contributed by atoms with van der Waals surface area (Å²) < 4.78 is 7.32. The third-order valence-electron chi connectivity index (χ3n) is 3.30. The molecular weight excluding hydrogens is 302 g/mol. The van der Waals surface area contributed by atoms with E-state index in [9.17, 15) is 5.11 Å². The largest absolute Gasteiger partial charge is 0.389 e. The molecule has 0 radical (unpaired) electrons. The van der Waals surface area contributed by atoms with Crippen LogP contribution in [0.15, 0.2) is 24.3 Å². The number of nitrogens with zero attached hydrogens (tertiary/aromatic N) is 3. The summed E-state index contributed by atoms with van der Waals surface area (Å²) in [6, 6.07) is 7.47. The molecular formula is C16H22ClN3O2. The van der Waals surface area contributed by atoms with Crippen molar-refractivity contribution < 1.29 is 9.84 Å². The van der Waals surface area contributed by atoms with E-state index in [0.29, 0.717) is 18.2 Å². The van der Waals surface area contributed by atoms with Gasteiger partial charge in [-0.3, -0.25) is 0 Å². The second-order valence-electron chi connectivity index (χ2n) is 5.13. The molecule has 0 spiro atoms. The molecule has 0 saturated carbocycles. The van der Waals surface area contributed by atoms with Crippen LogP contribution in [0.25, 0.3) is 0 Å². The first kappa shape index (κ1) is 16.9. The normalized spacial score (nSPS) is 12.5. The van der Waals surface area contributed by atoms with E-state index < -0.39 is 6.10 Å². The average Bonchev–Trinajstić information content (AvgIpc) is 2.91. The van der Waals surface area contributed by atoms with Gasteiger partial charge in [0.1, 0.15) is 5.82 Å². The highest BCUT2D eigenvalue weighted by Crippen LogP contribution is 2.10. The fourth-order valence-corrected chi connectivity index (χ4v) is 2.26. The molecule has 0 aliphatic carbocycles. The van der Waals surface area contributed by atoms with Crippen LogP contribution in [0.2, 0.25) is 5.02 Å². The molecule has 1 aromatic heterocycles. The van der Waals surface area contributed by atoms with Gasteiger partial charge in [0.25, 0.3) is 0 Å². The molecule has 0 aliphatic rings. The van der Waals surface area contributed by atoms with Crippen molar-refractivity contribution in [3.8, 4) is 0 Å². The smallest absolute Gasteiger partial charge is 0.150 e. The predicted molar refractivity (Wildman–Crippen MR) is 85.9 cm³/mol. The van der Waals surface area contributed by atoms with Gasteiger partial charge in [0.2, 0.25) is 0 Å². The van der Waals surface area contributed by atoms with E-state index in [4.69, 9.17) is 16.3 Å². The number of aryl methyl sites for hydroxylation is 2. The van der Waals surface area contributed by atoms with Crippen LogP contribution < -0.4 is 0 Å². The van der Waals surface area contributed by atoms with Gasteiger partial charge in [0.15, 0.2) is 5.82 Å². The number of aliphatic hydroxyl groups is 1. The van der Waals surface area contributed by atoms with Crippen molar-refractivity contribution in [3.63, 3.8) is 0 Å². The molecule has 5 nitrogen and oxygen atoms in total. The zero-order valence-electron chi connectivity index (χ0n) is 13.0. The van der Waals surface area contributed by atoms with Gasteiger partial charge in [-0.1, -0.05) is 37.6 Å². The minimum absolute atomic E-state index is 0.257. The summed E-state index contributed by atoms with van der Waals surface area (Å²) in [5.41, 5.74) is 1.03. The van der Waals surface area contributed by atoms with Gasteiger partial charge in [-0.25, -0.2) is 9.67 Å². The first-order chi connectivity index (χ1) is 10.6. The summed E-state index contributed by atoms with van der Waals surface area (Å²) in [6.45, 7) is 5.16. The van der Waals surface area contributed by atoms with E-state index in [1.54, 1.807) is 4.68 Å². The van der Waals surface area contributed by atoms with E-state index >= 15 is 0 Å². The molecule has 0 amide bonds. The average molecular weight is 324 g/mol. The predicted octanol–water partition coefficient (Wildman–Crippen LogP) is 2.63. The van der Waals surface area contributed by atoms with E-state index in [1.165, 1.54) is 0 Å². The minimum atomic E-state index is -0.607. The van der Waals surface area contributed by atoms with Crippen LogP contribution >= 0.6 is 11.6 Å². The first-order valence-corrected chi connectivity index (χ1v) is 7.93. The second-order valence-corrected chi connectivity index (χ2v) is 5.57. The van der Waals surface area contributed by atoms with Gasteiger partial charge in [-0.2, -0.15) is 5.10 Å². The van der Waals surface area contributed by atoms with Gasteiger partial charge in [0, 0.05) is 17.9 Å². The number of aliphatic hydroxyl groups excluding tert-OH is 1. The van der Waals surface area contributed by atoms with E-state index in [-0.39, 0.29) is 6.61 Å². The molecule has 0 bridgehead atoms. The number of hydrogen-bond acceptors (Lipinski definition) is 4. The van der Waals surface area contributed by atoms with E-state index in [2.05, 4.69) is 10.1 Å². The van der Waals surface area contributed by atoms with E-state index in [0.717, 1.165) is 30.1 Å². The molecule has 120 valence electrons. The zero-order chi connectivity index (χ0) is 15.9. The van der Waals surface area contributed by atoms with Crippen LogP contribution in [-0.4, -0.2) is 32.6 Å². The fraction of sp³-hybridized carbons (Fsp3) is 0.500. The van der Waals surface area contributed by atoms with Gasteiger partial charge in [-0.15, -0.1) is 0 Å². The Bertz CT molecular complexity index is 584. The quantitative estimate of drug-likeness (QED) is 0.811. The van der Waals surface area contributed by atoms with Crippen molar-refractivity contribution in [2.24, 2.45) is 0 Å². The minimum Gasteiger partial charge on any atom is -0.389 e. The van der Waals surface area contributed by atoms with Crippen molar-refractivity contribution >= 4 is 11.6 Å². The Kier molecular flexibility index (Phi) is 6.36. The molecule has 1 atom stereocenters. The summed E-state index contributed by atoms with van der Waals surface area (Å²) in [7, 11) is 0. The number of benzene rings is 1. The third kappa shape index (κ3) is 4.80. The maximum atomic E-state index is 10.1. The maximum absolute atomic E-state index is 10.1. The Balaban J connectivity index is 1.81. The summed E-state index contributed by atoms with van der Waals surface area (Å²) in [5.74, 6) is 1.71. The number of halogens is 1. The molecule has 0 fully saturated rings. The van der Waals surface area contributed by atoms with Crippen molar-refractivity contribution in [1.29, 1.82) is 0 Å². The van der Waals surface area contributed by atoms with Gasteiger partial charge >= 0.3 is 0 Å². The van der Waals surface area contributed by atoms with Crippen molar-refractivity contribution in [1.82, 2.24) is 14.8 Å². The number of aromatic nitrogens is 3. The van der Waals surface area contributed by atoms with Gasteiger partial charge in [-0.05, 0) is 17.7 Å². The van der Waals surface area contributed by atoms with Crippen LogP contribution in [-0.2, 0) is 30.7 Å². The lowest BCUT2D eigenvalue weighted by atomic mass is 10.2. The van der Waals surface area contributed by atoms with Crippen LogP contribution in [0.3, 0.4) is 0 Å². The molecule has 0 aliphatic heterocycles. The second kappa shape index (κ2) is 8.27. The maximum Gasteiger partial charge on any atom is 0.150 e. The fourth-order valence-electron chi connectivity index (χ4n) is 2.13. The number of hydrogen-bond donors (Lipinski definition) is 1. The van der Waals surface area contributed by atoms with Gasteiger partial charge in [0.05, 0.1) is 25.9 Å². The molecule has 22 heavy (non-hydrogen) atoms. The molecule has 2 rings (SSSR count). The topological polar surface area (TPSA) is 60.2 Å². The van der Waals surface area contributed by atoms with Crippen LogP contribution in [0.5, 0.6) is 0 Å². The standard InChI is InChI=1S/C16H22ClN3O2/c1-3-15-18-16(4-2)20(19-15)9-14(21)11-22-10-12-5-7-13(17)8-6-12/h5-8,14,21H,3-4,9-11H2,1-2H3. The first-order valence-electron chi connectivity index (χ1n) is 7.55. The lowest BCUT2D eigenvalue weighted by Crippen LogP contribution is -2.23. The number of rotatable bonds is 8. The lowest BCUT2D eigenvalue weighted by Gasteiger charge is -2.12. The Morgan fingerprint density at radius 1 is 1.23 bits per heavy atom. The summed E-state index contributed by atoms with van der Waals surface area (Å²) in [6.07, 6.45) is 0.984. The summed E-state index contributed by atoms with van der Waals surface area (Å²) in [4.78, 5) is 4.42. The Morgan fingerprint density at radius 2 is 1.95 bits per heavy atom. The van der Waals surface area contributed by atoms with Crippen LogP contribution in [0.4, 0.5) is 0 Å². The Labute approximate surface area is 135 Å². The highest BCUT2D eigenvalue weighted by molar-refractivity contribution is 6.30. The molecule has 1 heterocycles. The highest BCUT2D eigenvalue weighted by atomic mass is 35.5. The summed E-state index contributed by atoms with van der Waals surface area (Å²) >= 11 is 5.83. The van der Waals surface area contributed by atoms with Gasteiger partial charge < -0.3 is 9.84 Å². The molecule has 1 N–H and O–H groups in total. The zero-order valence-corrected chi connectivity index (χ0v) is 13.8. The molecule has 2 aromatic rings. The molecule has 6 heteroatoms. The Hall–Kier alpha value is -1.43. The molecule has 1 unspecified atom stereocenters. The highest BCUT2D eigenvalue weighted by Gasteiger charge is 2.12. The summed E-state index contributed by atoms with van der Waals surface area (Å²) in [5, 5.41) is 15.2. The van der Waals surface area contributed by atoms with Crippen molar-refractivity contribution in [3.05, 3.63) is 46.5 Å².